The first-order valence-electron chi connectivity index (χ1n) is 7.45. The second kappa shape index (κ2) is 7.19. The Kier molecular flexibility index (Phi) is 4.97. The molecular formula is C18H12Cl2N2O4. The van der Waals surface area contributed by atoms with E-state index < -0.39 is 17.8 Å². The summed E-state index contributed by atoms with van der Waals surface area (Å²) in [5.74, 6) is -0.842. The van der Waals surface area contributed by atoms with E-state index >= 15 is 0 Å². The van der Waals surface area contributed by atoms with E-state index in [1.54, 1.807) is 30.3 Å². The Hall–Kier alpha value is -2.83. The topological polar surface area (TPSA) is 79.6 Å². The number of nitrogens with zero attached hydrogens (tertiary/aromatic N) is 1. The number of rotatable bonds is 4. The lowest BCUT2D eigenvalue weighted by atomic mass is 10.1. The van der Waals surface area contributed by atoms with Crippen molar-refractivity contribution in [3.05, 3.63) is 64.4 Å². The summed E-state index contributed by atoms with van der Waals surface area (Å²) in [5.41, 5.74) is 0.358. The lowest BCUT2D eigenvalue weighted by molar-refractivity contribution is -0.129. The summed E-state index contributed by atoms with van der Waals surface area (Å²) in [7, 11) is 0. The molecule has 0 unspecified atom stereocenters. The van der Waals surface area contributed by atoms with Gasteiger partial charge >= 0.3 is 6.03 Å². The van der Waals surface area contributed by atoms with Crippen LogP contribution in [0.25, 0.3) is 17.4 Å². The van der Waals surface area contributed by atoms with Crippen LogP contribution in [0.3, 0.4) is 0 Å². The second-order valence-corrected chi connectivity index (χ2v) is 6.19. The van der Waals surface area contributed by atoms with E-state index in [2.05, 4.69) is 11.9 Å². The van der Waals surface area contributed by atoms with Gasteiger partial charge in [-0.1, -0.05) is 29.3 Å². The van der Waals surface area contributed by atoms with Gasteiger partial charge in [0.05, 0.1) is 5.02 Å². The normalized spacial score (nSPS) is 16.2. The average molecular weight is 391 g/mol. The second-order valence-electron chi connectivity index (χ2n) is 5.35. The predicted molar refractivity (Wildman–Crippen MR) is 97.6 cm³/mol. The summed E-state index contributed by atoms with van der Waals surface area (Å²) in [5, 5.41) is 3.03. The van der Waals surface area contributed by atoms with Gasteiger partial charge in [0.25, 0.3) is 11.8 Å². The molecule has 0 atom stereocenters. The number of amides is 4. The molecule has 8 heteroatoms. The smallest absolute Gasteiger partial charge is 0.331 e. The molecule has 0 saturated carbocycles. The van der Waals surface area contributed by atoms with Crippen molar-refractivity contribution in [2.75, 3.05) is 6.54 Å². The van der Waals surface area contributed by atoms with Crippen molar-refractivity contribution in [2.24, 2.45) is 0 Å². The van der Waals surface area contributed by atoms with Gasteiger partial charge in [-0.15, -0.1) is 6.58 Å². The highest BCUT2D eigenvalue weighted by molar-refractivity contribution is 6.35. The maximum atomic E-state index is 12.4. The summed E-state index contributed by atoms with van der Waals surface area (Å²) in [6.45, 7) is 3.47. The molecule has 3 rings (SSSR count). The standard InChI is InChI=1S/C18H12Cl2N2O4/c1-2-7-22-17(24)13(16(23)21-18(22)25)9-11-4-6-15(26-11)12-8-10(19)3-5-14(12)20/h2-6,8-9H,1,7H2,(H,21,23,25)/b13-9+. The first kappa shape index (κ1) is 18.0. The summed E-state index contributed by atoms with van der Waals surface area (Å²) in [6, 6.07) is 7.35. The van der Waals surface area contributed by atoms with Crippen molar-refractivity contribution in [3.63, 3.8) is 0 Å². The third-order valence-electron chi connectivity index (χ3n) is 3.60. The number of barbiturate groups is 1. The lowest BCUT2D eigenvalue weighted by Crippen LogP contribution is -2.54. The van der Waals surface area contributed by atoms with Crippen molar-refractivity contribution in [1.29, 1.82) is 0 Å². The largest absolute Gasteiger partial charge is 0.457 e. The van der Waals surface area contributed by atoms with E-state index in [1.165, 1.54) is 12.2 Å². The third kappa shape index (κ3) is 3.42. The van der Waals surface area contributed by atoms with Gasteiger partial charge < -0.3 is 4.42 Å². The first-order valence-corrected chi connectivity index (χ1v) is 8.21. The highest BCUT2D eigenvalue weighted by Crippen LogP contribution is 2.32. The van der Waals surface area contributed by atoms with E-state index in [0.717, 1.165) is 4.90 Å². The van der Waals surface area contributed by atoms with Gasteiger partial charge in [-0.3, -0.25) is 19.8 Å². The number of urea groups is 1. The molecule has 1 aliphatic rings. The van der Waals surface area contributed by atoms with Gasteiger partial charge in [0.2, 0.25) is 0 Å². The van der Waals surface area contributed by atoms with Gasteiger partial charge in [-0.05, 0) is 36.4 Å². The monoisotopic (exact) mass is 390 g/mol. The van der Waals surface area contributed by atoms with Crippen molar-refractivity contribution in [2.45, 2.75) is 0 Å². The number of nitrogens with one attached hydrogen (secondary N) is 1. The van der Waals surface area contributed by atoms with Crippen LogP contribution in [0.2, 0.25) is 10.0 Å². The van der Waals surface area contributed by atoms with Gasteiger partial charge in [0.1, 0.15) is 17.1 Å². The minimum Gasteiger partial charge on any atom is -0.457 e. The minimum atomic E-state index is -0.793. The van der Waals surface area contributed by atoms with E-state index in [9.17, 15) is 14.4 Å². The number of carbonyl (C=O) groups is 3. The minimum absolute atomic E-state index is 0.0170. The molecule has 1 aromatic carbocycles. The molecule has 132 valence electrons. The molecule has 1 fully saturated rings. The molecule has 1 aliphatic heterocycles. The van der Waals surface area contributed by atoms with Crippen molar-refractivity contribution in [3.8, 4) is 11.3 Å². The van der Waals surface area contributed by atoms with Crippen LogP contribution in [-0.4, -0.2) is 29.3 Å². The summed E-state index contributed by atoms with van der Waals surface area (Å²) in [4.78, 5) is 36.9. The lowest BCUT2D eigenvalue weighted by Gasteiger charge is -2.24. The van der Waals surface area contributed by atoms with Crippen molar-refractivity contribution in [1.82, 2.24) is 10.2 Å². The quantitative estimate of drug-likeness (QED) is 0.487. The number of furan rings is 1. The van der Waals surface area contributed by atoms with Gasteiger partial charge in [0.15, 0.2) is 0 Å². The first-order chi connectivity index (χ1) is 12.4. The fraction of sp³-hybridized carbons (Fsp3) is 0.0556. The SMILES string of the molecule is C=CCN1C(=O)NC(=O)/C(=C\c2ccc(-c3cc(Cl)ccc3Cl)o2)C1=O. The molecule has 26 heavy (non-hydrogen) atoms. The fourth-order valence-corrected chi connectivity index (χ4v) is 2.78. The number of halogens is 2. The highest BCUT2D eigenvalue weighted by Gasteiger charge is 2.35. The average Bonchev–Trinajstić information content (AvgIpc) is 3.06. The van der Waals surface area contributed by atoms with E-state index in [1.807, 2.05) is 0 Å². The number of benzene rings is 1. The zero-order chi connectivity index (χ0) is 18.8. The highest BCUT2D eigenvalue weighted by atomic mass is 35.5. The summed E-state index contributed by atoms with van der Waals surface area (Å²) >= 11 is 12.1. The number of imide groups is 2. The van der Waals surface area contributed by atoms with Crippen LogP contribution in [0.4, 0.5) is 4.79 Å². The molecule has 2 heterocycles. The van der Waals surface area contributed by atoms with Crippen molar-refractivity contribution >= 4 is 47.1 Å². The summed E-state index contributed by atoms with van der Waals surface area (Å²) in [6.07, 6.45) is 2.65. The fourth-order valence-electron chi connectivity index (χ4n) is 2.39. The molecular weight excluding hydrogens is 379 g/mol. The molecule has 1 N–H and O–H groups in total. The third-order valence-corrected chi connectivity index (χ3v) is 4.17. The number of hydrogen-bond donors (Lipinski definition) is 1. The molecule has 6 nitrogen and oxygen atoms in total. The zero-order valence-electron chi connectivity index (χ0n) is 13.3. The van der Waals surface area contributed by atoms with Crippen LogP contribution in [0, 0.1) is 0 Å². The van der Waals surface area contributed by atoms with Crippen LogP contribution in [-0.2, 0) is 9.59 Å². The Bertz CT molecular complexity index is 962. The Labute approximate surface area is 158 Å². The summed E-state index contributed by atoms with van der Waals surface area (Å²) < 4.78 is 5.65. The van der Waals surface area contributed by atoms with Crippen LogP contribution >= 0.6 is 23.2 Å². The van der Waals surface area contributed by atoms with Crippen LogP contribution < -0.4 is 5.32 Å². The predicted octanol–water partition coefficient (Wildman–Crippen LogP) is 3.90. The van der Waals surface area contributed by atoms with E-state index in [-0.39, 0.29) is 17.9 Å². The Morgan fingerprint density at radius 1 is 1.15 bits per heavy atom. The van der Waals surface area contributed by atoms with Crippen LogP contribution in [0.15, 0.2) is 53.0 Å². The molecule has 4 amide bonds. The molecule has 0 spiro atoms. The molecule has 0 radical (unpaired) electrons. The van der Waals surface area contributed by atoms with Gasteiger partial charge in [-0.2, -0.15) is 0 Å². The Morgan fingerprint density at radius 3 is 2.65 bits per heavy atom. The van der Waals surface area contributed by atoms with E-state index in [0.29, 0.717) is 21.4 Å². The van der Waals surface area contributed by atoms with Crippen LogP contribution in [0.5, 0.6) is 0 Å². The Morgan fingerprint density at radius 2 is 1.92 bits per heavy atom. The Balaban J connectivity index is 1.95. The molecule has 0 bridgehead atoms. The van der Waals surface area contributed by atoms with Gasteiger partial charge in [-0.25, -0.2) is 4.79 Å². The van der Waals surface area contributed by atoms with E-state index in [4.69, 9.17) is 27.6 Å². The molecule has 0 aliphatic carbocycles. The number of carbonyl (C=O) groups excluding carboxylic acids is 3. The van der Waals surface area contributed by atoms with Crippen LogP contribution in [0.1, 0.15) is 5.76 Å². The molecule has 2 aromatic rings. The zero-order valence-corrected chi connectivity index (χ0v) is 14.8. The molecule has 1 saturated heterocycles. The maximum absolute atomic E-state index is 12.4. The van der Waals surface area contributed by atoms with Gasteiger partial charge in [0, 0.05) is 17.1 Å². The molecule has 1 aromatic heterocycles. The van der Waals surface area contributed by atoms with Crippen molar-refractivity contribution < 1.29 is 18.8 Å². The number of hydrogen-bond acceptors (Lipinski definition) is 4. The maximum Gasteiger partial charge on any atom is 0.331 e.